The zero-order valence-electron chi connectivity index (χ0n) is 26.4. The van der Waals surface area contributed by atoms with Crippen molar-refractivity contribution in [3.63, 3.8) is 0 Å². The molecule has 15 nitrogen and oxygen atoms in total. The average Bonchev–Trinajstić information content (AvgIpc) is 3.04. The first-order valence-electron chi connectivity index (χ1n) is 15.1. The van der Waals surface area contributed by atoms with Crippen molar-refractivity contribution in [1.29, 1.82) is 0 Å². The van der Waals surface area contributed by atoms with Gasteiger partial charge in [-0.1, -0.05) is 24.1 Å². The molecular formula is C34H35N7O8. The molecule has 2 aromatic carbocycles. The van der Waals surface area contributed by atoms with Gasteiger partial charge in [-0.25, -0.2) is 4.98 Å². The van der Waals surface area contributed by atoms with E-state index in [0.717, 1.165) is 21.8 Å². The number of nitrogens with two attached hydrogens (primary N) is 1. The number of pyridine rings is 2. The fourth-order valence-electron chi connectivity index (χ4n) is 5.03. The summed E-state index contributed by atoms with van der Waals surface area (Å²) in [5, 5.41) is 32.5. The van der Waals surface area contributed by atoms with Crippen LogP contribution in [0.3, 0.4) is 0 Å². The molecule has 0 atom stereocenters. The normalized spacial score (nSPS) is 11.1. The monoisotopic (exact) mass is 669 g/mol. The molecule has 2 amide bonds. The number of rotatable bonds is 17. The van der Waals surface area contributed by atoms with Crippen LogP contribution in [0.5, 0.6) is 0 Å². The fraction of sp³-hybridized carbons (Fsp3) is 0.265. The van der Waals surface area contributed by atoms with E-state index in [4.69, 9.17) is 10.8 Å². The highest BCUT2D eigenvalue weighted by atomic mass is 16.4. The first kappa shape index (κ1) is 35.9. The van der Waals surface area contributed by atoms with E-state index in [1.165, 1.54) is 14.7 Å². The molecule has 0 aliphatic carbocycles. The fourth-order valence-corrected chi connectivity index (χ4v) is 5.03. The molecule has 2 heterocycles. The van der Waals surface area contributed by atoms with Gasteiger partial charge in [0.1, 0.15) is 5.69 Å². The summed E-state index contributed by atoms with van der Waals surface area (Å²) >= 11 is 0. The third kappa shape index (κ3) is 11.7. The summed E-state index contributed by atoms with van der Waals surface area (Å²) in [7, 11) is 0. The topological polar surface area (TPSA) is 220 Å². The van der Waals surface area contributed by atoms with Gasteiger partial charge in [0.15, 0.2) is 0 Å². The van der Waals surface area contributed by atoms with Gasteiger partial charge < -0.3 is 26.4 Å². The summed E-state index contributed by atoms with van der Waals surface area (Å²) in [5.41, 5.74) is 8.46. The van der Waals surface area contributed by atoms with Crippen molar-refractivity contribution in [3.8, 4) is 11.8 Å². The molecule has 0 saturated carbocycles. The highest BCUT2D eigenvalue weighted by Gasteiger charge is 2.19. The molecule has 0 fully saturated rings. The van der Waals surface area contributed by atoms with Crippen LogP contribution >= 0.6 is 0 Å². The molecule has 0 aliphatic heterocycles. The highest BCUT2D eigenvalue weighted by molar-refractivity contribution is 6.02. The van der Waals surface area contributed by atoms with Crippen molar-refractivity contribution in [3.05, 3.63) is 78.1 Å². The minimum atomic E-state index is -1.18. The van der Waals surface area contributed by atoms with Gasteiger partial charge in [0.05, 0.1) is 43.8 Å². The molecule has 0 aliphatic rings. The Morgan fingerprint density at radius 3 is 1.82 bits per heavy atom. The first-order valence-corrected chi connectivity index (χ1v) is 15.1. The van der Waals surface area contributed by atoms with Crippen LogP contribution in [-0.4, -0.2) is 129 Å². The van der Waals surface area contributed by atoms with E-state index >= 15 is 0 Å². The number of hydrogen-bond acceptors (Lipinski definition) is 10. The molecule has 0 radical (unpaired) electrons. The van der Waals surface area contributed by atoms with Gasteiger partial charge in [0.25, 0.3) is 0 Å². The summed E-state index contributed by atoms with van der Waals surface area (Å²) in [5.74, 6) is 1.38. The lowest BCUT2D eigenvalue weighted by Crippen LogP contribution is -2.46. The molecule has 2 aromatic heterocycles. The zero-order valence-corrected chi connectivity index (χ0v) is 26.4. The van der Waals surface area contributed by atoms with Crippen molar-refractivity contribution < 1.29 is 39.3 Å². The Balaban J connectivity index is 1.35. The van der Waals surface area contributed by atoms with E-state index in [1.807, 2.05) is 36.4 Å². The van der Waals surface area contributed by atoms with Crippen molar-refractivity contribution in [2.24, 2.45) is 5.73 Å². The maximum absolute atomic E-state index is 12.8. The lowest BCUT2D eigenvalue weighted by molar-refractivity contribution is -0.140. The lowest BCUT2D eigenvalue weighted by Gasteiger charge is -2.27. The van der Waals surface area contributed by atoms with Gasteiger partial charge in [-0.2, -0.15) is 0 Å². The second-order valence-electron chi connectivity index (χ2n) is 11.1. The molecule has 49 heavy (non-hydrogen) atoms. The van der Waals surface area contributed by atoms with Gasteiger partial charge in [0.2, 0.25) is 11.8 Å². The number of hydrogen-bond donors (Lipinski definition) is 5. The van der Waals surface area contributed by atoms with Crippen LogP contribution in [0.1, 0.15) is 11.3 Å². The largest absolute Gasteiger partial charge is 0.480 e. The summed E-state index contributed by atoms with van der Waals surface area (Å²) in [6, 6.07) is 18.4. The number of amides is 2. The number of aromatic nitrogens is 2. The smallest absolute Gasteiger partial charge is 0.317 e. The van der Waals surface area contributed by atoms with E-state index in [1.54, 1.807) is 30.5 Å². The number of aliphatic carboxylic acids is 3. The van der Waals surface area contributed by atoms with E-state index in [9.17, 15) is 34.2 Å². The number of anilines is 1. The van der Waals surface area contributed by atoms with Crippen LogP contribution in [0.2, 0.25) is 0 Å². The Labute approximate surface area is 280 Å². The van der Waals surface area contributed by atoms with Crippen molar-refractivity contribution in [2.75, 3.05) is 64.2 Å². The van der Waals surface area contributed by atoms with Gasteiger partial charge >= 0.3 is 17.9 Å². The second-order valence-corrected chi connectivity index (χ2v) is 11.1. The summed E-state index contributed by atoms with van der Waals surface area (Å²) in [4.78, 5) is 71.4. The van der Waals surface area contributed by atoms with E-state index in [-0.39, 0.29) is 39.3 Å². The number of carbonyl (C=O) groups is 5. The third-order valence-electron chi connectivity index (χ3n) is 7.22. The molecule has 0 spiro atoms. The number of carboxylic acid groups (broad SMARTS) is 3. The van der Waals surface area contributed by atoms with Crippen LogP contribution < -0.4 is 11.1 Å². The van der Waals surface area contributed by atoms with Gasteiger partial charge in [-0.05, 0) is 48.4 Å². The molecule has 0 unspecified atom stereocenters. The van der Waals surface area contributed by atoms with Crippen LogP contribution in [0, 0.1) is 11.8 Å². The zero-order chi connectivity index (χ0) is 35.3. The molecule has 4 aromatic rings. The quantitative estimate of drug-likeness (QED) is 0.0776. The van der Waals surface area contributed by atoms with Crippen molar-refractivity contribution in [2.45, 2.75) is 0 Å². The van der Waals surface area contributed by atoms with Crippen LogP contribution in [0.25, 0.3) is 21.8 Å². The Bertz CT molecular complexity index is 1890. The molecule has 0 saturated heterocycles. The molecular weight excluding hydrogens is 634 g/mol. The Morgan fingerprint density at radius 1 is 0.653 bits per heavy atom. The number of nitrogens with zero attached hydrogens (tertiary/aromatic N) is 5. The van der Waals surface area contributed by atoms with Gasteiger partial charge in [-0.3, -0.25) is 43.7 Å². The number of primary amides is 1. The number of fused-ring (bicyclic) bond motifs is 3. The van der Waals surface area contributed by atoms with Crippen LogP contribution in [0.4, 0.5) is 5.69 Å². The Morgan fingerprint density at radius 2 is 1.20 bits per heavy atom. The standard InChI is InChI=1S/C34H35N7O8/c35-28(42)18-40(21-31(46)47)16-14-39(20-30(44)45)15-17-41(22-32(48)49)19-29(43)37-26-9-3-23(4-10-26)5-11-27-12-8-25-7-6-24-2-1-13-36-33(24)34(25)38-27/h1-4,6-10,12-13H,14-22H2,(H2,35,42)(H,37,43)(H,44,45)(H,46,47)(H,48,49). The van der Waals surface area contributed by atoms with Gasteiger partial charge in [-0.15, -0.1) is 0 Å². The Kier molecular flexibility index (Phi) is 12.7. The van der Waals surface area contributed by atoms with Crippen LogP contribution in [-0.2, 0) is 24.0 Å². The average molecular weight is 670 g/mol. The molecule has 254 valence electrons. The second kappa shape index (κ2) is 17.3. The summed E-state index contributed by atoms with van der Waals surface area (Å²) in [6.45, 7) is -1.85. The highest BCUT2D eigenvalue weighted by Crippen LogP contribution is 2.22. The number of carboxylic acids is 3. The maximum atomic E-state index is 12.8. The predicted octanol–water partition coefficient (Wildman–Crippen LogP) is 0.766. The van der Waals surface area contributed by atoms with E-state index in [0.29, 0.717) is 16.9 Å². The van der Waals surface area contributed by atoms with Crippen molar-refractivity contribution >= 4 is 57.2 Å². The minimum Gasteiger partial charge on any atom is -0.480 e. The van der Waals surface area contributed by atoms with E-state index in [2.05, 4.69) is 27.1 Å². The number of nitrogens with one attached hydrogen (secondary N) is 1. The third-order valence-corrected chi connectivity index (χ3v) is 7.22. The predicted molar refractivity (Wildman–Crippen MR) is 180 cm³/mol. The van der Waals surface area contributed by atoms with E-state index < -0.39 is 49.4 Å². The summed E-state index contributed by atoms with van der Waals surface area (Å²) in [6.07, 6.45) is 1.72. The lowest BCUT2D eigenvalue weighted by atomic mass is 10.1. The van der Waals surface area contributed by atoms with Crippen LogP contribution in [0.15, 0.2) is 66.9 Å². The molecule has 15 heteroatoms. The number of carbonyl (C=O) groups excluding carboxylic acids is 2. The molecule has 6 N–H and O–H groups in total. The number of benzene rings is 2. The van der Waals surface area contributed by atoms with Crippen molar-refractivity contribution in [1.82, 2.24) is 24.7 Å². The van der Waals surface area contributed by atoms with Gasteiger partial charge in [0, 0.05) is 54.4 Å². The maximum Gasteiger partial charge on any atom is 0.317 e. The molecule has 0 bridgehead atoms. The Hall–Kier alpha value is -5.95. The first-order chi connectivity index (χ1) is 23.4. The summed E-state index contributed by atoms with van der Waals surface area (Å²) < 4.78 is 0. The molecule has 4 rings (SSSR count). The minimum absolute atomic E-state index is 0.0188. The SMILES string of the molecule is NC(=O)CN(CCN(CCN(CC(=O)O)CC(=O)Nc1ccc(C#Cc2ccc3ccc4cccnc4c3n2)cc1)CC(=O)O)CC(=O)O.